The van der Waals surface area contributed by atoms with Crippen LogP contribution < -0.4 is 10.5 Å². The van der Waals surface area contributed by atoms with Crippen molar-refractivity contribution in [2.75, 3.05) is 6.54 Å². The second kappa shape index (κ2) is 4.34. The number of sulfonamides is 1. The zero-order valence-electron chi connectivity index (χ0n) is 9.07. The van der Waals surface area contributed by atoms with Crippen LogP contribution in [0.4, 0.5) is 0 Å². The smallest absolute Gasteiger partial charge is 0.244 e. The molecule has 0 aliphatic carbocycles. The summed E-state index contributed by atoms with van der Waals surface area (Å²) in [6.07, 6.45) is 0. The Labute approximate surface area is 89.7 Å². The maximum atomic E-state index is 11.8. The Morgan fingerprint density at radius 3 is 2.53 bits per heavy atom. The molecule has 86 valence electrons. The number of rotatable bonds is 4. The van der Waals surface area contributed by atoms with E-state index in [0.717, 1.165) is 0 Å². The average Bonchev–Trinajstić information content (AvgIpc) is 2.45. The average molecular weight is 232 g/mol. The standard InChI is InChI=1S/C9H16N2O3S/c1-6(5-10)11-15(12,13)9-4-7(2)14-8(9)3/h4,6,11H,5,10H2,1-3H3/t6-/m1/s1. The number of nitrogens with one attached hydrogen (secondary N) is 1. The molecule has 1 atom stereocenters. The van der Waals surface area contributed by atoms with Gasteiger partial charge in [-0.25, -0.2) is 13.1 Å². The second-order valence-corrected chi connectivity index (χ2v) is 5.22. The summed E-state index contributed by atoms with van der Waals surface area (Å²) in [6, 6.07) is 1.21. The lowest BCUT2D eigenvalue weighted by atomic mass is 10.4. The maximum absolute atomic E-state index is 11.8. The third-order valence-corrected chi connectivity index (χ3v) is 3.69. The topological polar surface area (TPSA) is 85.3 Å². The first-order valence-electron chi connectivity index (χ1n) is 4.66. The third kappa shape index (κ3) is 2.80. The van der Waals surface area contributed by atoms with Crippen molar-refractivity contribution in [3.05, 3.63) is 17.6 Å². The van der Waals surface area contributed by atoms with E-state index < -0.39 is 10.0 Å². The van der Waals surface area contributed by atoms with Crippen LogP contribution in [0.1, 0.15) is 18.4 Å². The molecule has 0 amide bonds. The van der Waals surface area contributed by atoms with Crippen LogP contribution in [0.2, 0.25) is 0 Å². The summed E-state index contributed by atoms with van der Waals surface area (Å²) in [6.45, 7) is 5.29. The summed E-state index contributed by atoms with van der Waals surface area (Å²) in [5, 5.41) is 0. The van der Waals surface area contributed by atoms with E-state index in [1.165, 1.54) is 6.07 Å². The van der Waals surface area contributed by atoms with Crippen molar-refractivity contribution in [3.8, 4) is 0 Å². The molecule has 1 aromatic rings. The van der Waals surface area contributed by atoms with E-state index in [1.54, 1.807) is 20.8 Å². The first-order valence-corrected chi connectivity index (χ1v) is 6.14. The van der Waals surface area contributed by atoms with Crippen LogP contribution in [-0.2, 0) is 10.0 Å². The SMILES string of the molecule is Cc1cc(S(=O)(=O)N[C@H](C)CN)c(C)o1. The number of furan rings is 1. The lowest BCUT2D eigenvalue weighted by Gasteiger charge is -2.10. The minimum Gasteiger partial charge on any atom is -0.465 e. The molecule has 0 unspecified atom stereocenters. The Bertz CT molecular complexity index is 436. The van der Waals surface area contributed by atoms with Crippen molar-refractivity contribution in [1.82, 2.24) is 4.72 Å². The van der Waals surface area contributed by atoms with E-state index >= 15 is 0 Å². The highest BCUT2D eigenvalue weighted by Crippen LogP contribution is 2.19. The monoisotopic (exact) mass is 232 g/mol. The number of hydrogen-bond donors (Lipinski definition) is 2. The van der Waals surface area contributed by atoms with Crippen molar-refractivity contribution in [2.24, 2.45) is 5.73 Å². The van der Waals surface area contributed by atoms with E-state index in [-0.39, 0.29) is 17.5 Å². The fourth-order valence-electron chi connectivity index (χ4n) is 1.25. The summed E-state index contributed by atoms with van der Waals surface area (Å²) < 4.78 is 31.2. The molecule has 1 aromatic heterocycles. The van der Waals surface area contributed by atoms with Gasteiger partial charge in [-0.3, -0.25) is 0 Å². The van der Waals surface area contributed by atoms with Gasteiger partial charge in [0.05, 0.1) is 0 Å². The lowest BCUT2D eigenvalue weighted by molar-refractivity contribution is 0.495. The Morgan fingerprint density at radius 2 is 2.13 bits per heavy atom. The molecule has 0 aromatic carbocycles. The minimum atomic E-state index is -3.51. The first kappa shape index (κ1) is 12.2. The molecule has 1 heterocycles. The number of aryl methyl sites for hydroxylation is 2. The lowest BCUT2D eigenvalue weighted by Crippen LogP contribution is -2.37. The van der Waals surface area contributed by atoms with Crippen molar-refractivity contribution in [1.29, 1.82) is 0 Å². The maximum Gasteiger partial charge on any atom is 0.244 e. The Kier molecular flexibility index (Phi) is 3.54. The molecule has 0 aliphatic rings. The normalized spacial score (nSPS) is 14.1. The van der Waals surface area contributed by atoms with Crippen LogP contribution in [0, 0.1) is 13.8 Å². The Balaban J connectivity index is 3.01. The number of hydrogen-bond acceptors (Lipinski definition) is 4. The molecule has 15 heavy (non-hydrogen) atoms. The van der Waals surface area contributed by atoms with Crippen molar-refractivity contribution in [2.45, 2.75) is 31.7 Å². The van der Waals surface area contributed by atoms with Crippen molar-refractivity contribution in [3.63, 3.8) is 0 Å². The van der Waals surface area contributed by atoms with E-state index in [0.29, 0.717) is 11.5 Å². The largest absolute Gasteiger partial charge is 0.465 e. The first-order chi connectivity index (χ1) is 6.86. The molecule has 5 nitrogen and oxygen atoms in total. The van der Waals surface area contributed by atoms with E-state index in [1.807, 2.05) is 0 Å². The minimum absolute atomic E-state index is 0.181. The molecule has 0 bridgehead atoms. The van der Waals surface area contributed by atoms with E-state index in [2.05, 4.69) is 4.72 Å². The van der Waals surface area contributed by atoms with Gasteiger partial charge in [0.1, 0.15) is 16.4 Å². The van der Waals surface area contributed by atoms with Crippen LogP contribution in [0.3, 0.4) is 0 Å². The molecule has 0 saturated carbocycles. The van der Waals surface area contributed by atoms with Crippen LogP contribution >= 0.6 is 0 Å². The zero-order chi connectivity index (χ0) is 11.6. The van der Waals surface area contributed by atoms with Gasteiger partial charge >= 0.3 is 0 Å². The van der Waals surface area contributed by atoms with Crippen molar-refractivity contribution < 1.29 is 12.8 Å². The summed E-state index contributed by atoms with van der Waals surface area (Å²) in [5.41, 5.74) is 5.35. The second-order valence-electron chi connectivity index (χ2n) is 3.54. The zero-order valence-corrected chi connectivity index (χ0v) is 9.89. The third-order valence-electron chi connectivity index (χ3n) is 1.99. The molecular weight excluding hydrogens is 216 g/mol. The Hall–Kier alpha value is -0.850. The van der Waals surface area contributed by atoms with Crippen LogP contribution in [0.15, 0.2) is 15.4 Å². The quantitative estimate of drug-likeness (QED) is 0.792. The molecule has 0 saturated heterocycles. The van der Waals surface area contributed by atoms with Gasteiger partial charge in [-0.2, -0.15) is 0 Å². The molecule has 6 heteroatoms. The van der Waals surface area contributed by atoms with Crippen LogP contribution in [0.25, 0.3) is 0 Å². The van der Waals surface area contributed by atoms with Crippen LogP contribution in [0.5, 0.6) is 0 Å². The molecular formula is C9H16N2O3S. The molecule has 0 aliphatic heterocycles. The molecule has 3 N–H and O–H groups in total. The highest BCUT2D eigenvalue weighted by atomic mass is 32.2. The molecule has 0 spiro atoms. The van der Waals surface area contributed by atoms with Crippen LogP contribution in [-0.4, -0.2) is 21.0 Å². The summed E-state index contributed by atoms with van der Waals surface area (Å²) in [7, 11) is -3.51. The van der Waals surface area contributed by atoms with Gasteiger partial charge in [0.25, 0.3) is 0 Å². The molecule has 1 rings (SSSR count). The summed E-state index contributed by atoms with van der Waals surface area (Å²) >= 11 is 0. The van der Waals surface area contributed by atoms with Gasteiger partial charge in [0, 0.05) is 12.6 Å². The van der Waals surface area contributed by atoms with Gasteiger partial charge in [0.2, 0.25) is 10.0 Å². The predicted molar refractivity (Wildman–Crippen MR) is 57.0 cm³/mol. The highest BCUT2D eigenvalue weighted by Gasteiger charge is 2.21. The van der Waals surface area contributed by atoms with Gasteiger partial charge < -0.3 is 10.2 Å². The van der Waals surface area contributed by atoms with Gasteiger partial charge in [0.15, 0.2) is 0 Å². The summed E-state index contributed by atoms with van der Waals surface area (Å²) in [4.78, 5) is 0.181. The highest BCUT2D eigenvalue weighted by molar-refractivity contribution is 7.89. The number of nitrogens with two attached hydrogens (primary N) is 1. The van der Waals surface area contributed by atoms with Gasteiger partial charge in [-0.15, -0.1) is 0 Å². The van der Waals surface area contributed by atoms with Gasteiger partial charge in [-0.1, -0.05) is 0 Å². The summed E-state index contributed by atoms with van der Waals surface area (Å²) in [5.74, 6) is 0.970. The van der Waals surface area contributed by atoms with E-state index in [9.17, 15) is 8.42 Å². The Morgan fingerprint density at radius 1 is 1.53 bits per heavy atom. The molecule has 0 fully saturated rings. The molecule has 0 radical (unpaired) electrons. The van der Waals surface area contributed by atoms with Crippen molar-refractivity contribution >= 4 is 10.0 Å². The predicted octanol–water partition coefficient (Wildman–Crippen LogP) is 0.522. The van der Waals surface area contributed by atoms with E-state index in [4.69, 9.17) is 10.2 Å². The van der Waals surface area contributed by atoms with Gasteiger partial charge in [-0.05, 0) is 26.8 Å². The fraction of sp³-hybridized carbons (Fsp3) is 0.556. The fourth-order valence-corrected chi connectivity index (χ4v) is 2.74.